The van der Waals surface area contributed by atoms with Crippen molar-refractivity contribution in [2.45, 2.75) is 6.04 Å². The third kappa shape index (κ3) is 3.86. The van der Waals surface area contributed by atoms with E-state index in [9.17, 15) is 4.79 Å². The van der Waals surface area contributed by atoms with Crippen molar-refractivity contribution in [1.82, 2.24) is 10.2 Å². The second kappa shape index (κ2) is 8.82. The first-order chi connectivity index (χ1) is 15.3. The molecule has 2 aromatic carbocycles. The molecule has 1 amide bonds. The zero-order chi connectivity index (χ0) is 21.2. The molecular formula is C23H25N5O2S. The van der Waals surface area contributed by atoms with Gasteiger partial charge in [0.15, 0.2) is 5.17 Å². The molecule has 1 saturated heterocycles. The van der Waals surface area contributed by atoms with Gasteiger partial charge >= 0.3 is 0 Å². The molecular weight excluding hydrogens is 410 g/mol. The molecule has 3 aliphatic rings. The number of methoxy groups -OCH3 is 1. The number of nitrogens with zero attached hydrogens (tertiary/aromatic N) is 4. The summed E-state index contributed by atoms with van der Waals surface area (Å²) in [6.07, 6.45) is 0. The summed E-state index contributed by atoms with van der Waals surface area (Å²) in [5, 5.41) is 4.19. The van der Waals surface area contributed by atoms with Crippen molar-refractivity contribution in [3.05, 3.63) is 59.7 Å². The van der Waals surface area contributed by atoms with Crippen LogP contribution in [-0.2, 0) is 4.79 Å². The van der Waals surface area contributed by atoms with Crippen LogP contribution in [0.4, 0.5) is 5.69 Å². The number of para-hydroxylation sites is 2. The average molecular weight is 436 g/mol. The molecule has 0 aliphatic carbocycles. The van der Waals surface area contributed by atoms with Crippen LogP contribution in [-0.4, -0.2) is 67.4 Å². The lowest BCUT2D eigenvalue weighted by Crippen LogP contribution is -2.51. The summed E-state index contributed by atoms with van der Waals surface area (Å²) in [6.45, 7) is 3.78. The van der Waals surface area contributed by atoms with Crippen LogP contribution >= 0.6 is 11.8 Å². The molecule has 5 rings (SSSR count). The summed E-state index contributed by atoms with van der Waals surface area (Å²) in [5.74, 6) is 1.73. The second-order valence-electron chi connectivity index (χ2n) is 7.64. The van der Waals surface area contributed by atoms with E-state index in [1.165, 1.54) is 0 Å². The van der Waals surface area contributed by atoms with E-state index in [2.05, 4.69) is 26.3 Å². The lowest BCUT2D eigenvalue weighted by molar-refractivity contribution is -0.112. The van der Waals surface area contributed by atoms with Gasteiger partial charge in [0.25, 0.3) is 5.91 Å². The number of ether oxygens (including phenoxy) is 1. The summed E-state index contributed by atoms with van der Waals surface area (Å²) < 4.78 is 5.62. The zero-order valence-corrected chi connectivity index (χ0v) is 18.3. The highest BCUT2D eigenvalue weighted by molar-refractivity contribution is 8.14. The molecule has 160 valence electrons. The molecule has 31 heavy (non-hydrogen) atoms. The van der Waals surface area contributed by atoms with E-state index >= 15 is 0 Å². The molecule has 1 unspecified atom stereocenters. The number of aliphatic imine (C=N–C) groups is 2. The van der Waals surface area contributed by atoms with E-state index in [1.54, 1.807) is 18.9 Å². The van der Waals surface area contributed by atoms with Crippen LogP contribution in [0.5, 0.6) is 5.75 Å². The van der Waals surface area contributed by atoms with E-state index in [1.807, 2.05) is 47.4 Å². The van der Waals surface area contributed by atoms with Crippen molar-refractivity contribution in [2.24, 2.45) is 9.98 Å². The van der Waals surface area contributed by atoms with Crippen molar-refractivity contribution in [3.63, 3.8) is 0 Å². The maximum Gasteiger partial charge on any atom is 0.278 e. The Kier molecular flexibility index (Phi) is 5.76. The van der Waals surface area contributed by atoms with Gasteiger partial charge < -0.3 is 10.1 Å². The maximum atomic E-state index is 13.5. The van der Waals surface area contributed by atoms with E-state index in [0.29, 0.717) is 17.5 Å². The van der Waals surface area contributed by atoms with Crippen molar-refractivity contribution in [1.29, 1.82) is 0 Å². The number of carbonyl (C=O) groups is 1. The number of rotatable bonds is 4. The van der Waals surface area contributed by atoms with E-state index in [0.717, 1.165) is 54.5 Å². The first kappa shape index (κ1) is 20.2. The van der Waals surface area contributed by atoms with E-state index in [-0.39, 0.29) is 11.9 Å². The topological polar surface area (TPSA) is 69.5 Å². The van der Waals surface area contributed by atoms with Crippen LogP contribution in [0.1, 0.15) is 17.2 Å². The summed E-state index contributed by atoms with van der Waals surface area (Å²) in [6, 6.07) is 16.1. The van der Waals surface area contributed by atoms with E-state index < -0.39 is 0 Å². The molecule has 7 nitrogen and oxygen atoms in total. The Morgan fingerprint density at radius 1 is 1.23 bits per heavy atom. The molecule has 0 bridgehead atoms. The summed E-state index contributed by atoms with van der Waals surface area (Å²) in [7, 11) is 1.70. The van der Waals surface area contributed by atoms with Crippen LogP contribution in [0.2, 0.25) is 0 Å². The van der Waals surface area contributed by atoms with Gasteiger partial charge in [-0.1, -0.05) is 48.2 Å². The van der Waals surface area contributed by atoms with Gasteiger partial charge in [0.2, 0.25) is 0 Å². The number of nitrogens with one attached hydrogen (secondary N) is 1. The van der Waals surface area contributed by atoms with Crippen LogP contribution in [0, 0.1) is 0 Å². The number of hydrogen-bond acceptors (Lipinski definition) is 7. The highest BCUT2D eigenvalue weighted by Crippen LogP contribution is 2.34. The van der Waals surface area contributed by atoms with Gasteiger partial charge in [0.05, 0.1) is 32.1 Å². The zero-order valence-electron chi connectivity index (χ0n) is 17.5. The Morgan fingerprint density at radius 3 is 2.90 bits per heavy atom. The van der Waals surface area contributed by atoms with Crippen LogP contribution in [0.15, 0.2) is 58.5 Å². The SMILES string of the molecule is COc1ccccc1C1CNCCN1CN1C(=O)C(=NC2=NCCS2)c2ccccc21. The molecule has 1 atom stereocenters. The van der Waals surface area contributed by atoms with Crippen molar-refractivity contribution < 1.29 is 9.53 Å². The van der Waals surface area contributed by atoms with Gasteiger partial charge in [-0.05, 0) is 12.1 Å². The highest BCUT2D eigenvalue weighted by atomic mass is 32.2. The first-order valence-corrected chi connectivity index (χ1v) is 11.5. The molecule has 1 N–H and O–H groups in total. The standard InChI is InChI=1S/C23H25N5O2S/c1-30-20-9-5-3-6-16(20)19-14-24-10-12-27(19)15-28-18-8-4-2-7-17(18)21(22(28)29)26-23-25-11-13-31-23/h2-9,19,24H,10-15H2,1H3. The third-order valence-corrected chi connectivity index (χ3v) is 6.72. The predicted octanol–water partition coefficient (Wildman–Crippen LogP) is 2.54. The Morgan fingerprint density at radius 2 is 2.06 bits per heavy atom. The van der Waals surface area contributed by atoms with Crippen molar-refractivity contribution in [3.8, 4) is 5.75 Å². The largest absolute Gasteiger partial charge is 0.496 e. The Hall–Kier alpha value is -2.68. The van der Waals surface area contributed by atoms with Crippen LogP contribution in [0.25, 0.3) is 0 Å². The van der Waals surface area contributed by atoms with Crippen LogP contribution < -0.4 is 15.0 Å². The quantitative estimate of drug-likeness (QED) is 0.799. The third-order valence-electron chi connectivity index (χ3n) is 5.85. The molecule has 3 aliphatic heterocycles. The fourth-order valence-electron chi connectivity index (χ4n) is 4.34. The summed E-state index contributed by atoms with van der Waals surface area (Å²) >= 11 is 1.60. The minimum atomic E-state index is -0.0614. The number of benzene rings is 2. The van der Waals surface area contributed by atoms with Gasteiger partial charge in [-0.25, -0.2) is 4.99 Å². The Bertz CT molecular complexity index is 1050. The van der Waals surface area contributed by atoms with Gasteiger partial charge in [0.1, 0.15) is 11.5 Å². The Balaban J connectivity index is 1.46. The lowest BCUT2D eigenvalue weighted by Gasteiger charge is -2.39. The fourth-order valence-corrected chi connectivity index (χ4v) is 5.05. The number of piperazine rings is 1. The van der Waals surface area contributed by atoms with Gasteiger partial charge in [0, 0.05) is 36.5 Å². The van der Waals surface area contributed by atoms with Crippen LogP contribution in [0.3, 0.4) is 0 Å². The molecule has 0 saturated carbocycles. The second-order valence-corrected chi connectivity index (χ2v) is 8.70. The molecule has 0 radical (unpaired) electrons. The van der Waals surface area contributed by atoms with Crippen molar-refractivity contribution in [2.75, 3.05) is 50.6 Å². The number of carbonyl (C=O) groups excluding carboxylic acids is 1. The predicted molar refractivity (Wildman–Crippen MR) is 125 cm³/mol. The number of hydrogen-bond donors (Lipinski definition) is 1. The smallest absolute Gasteiger partial charge is 0.278 e. The average Bonchev–Trinajstić information content (AvgIpc) is 3.42. The number of thioether (sulfide) groups is 1. The maximum absolute atomic E-state index is 13.5. The van der Waals surface area contributed by atoms with Crippen molar-refractivity contribution >= 4 is 34.2 Å². The normalized spacial score (nSPS) is 22.7. The number of amidine groups is 1. The minimum absolute atomic E-state index is 0.0614. The molecule has 3 heterocycles. The summed E-state index contributed by atoms with van der Waals surface area (Å²) in [5.41, 5.74) is 3.41. The van der Waals surface area contributed by atoms with E-state index in [4.69, 9.17) is 4.74 Å². The molecule has 1 fully saturated rings. The van der Waals surface area contributed by atoms with Gasteiger partial charge in [-0.15, -0.1) is 0 Å². The first-order valence-electron chi connectivity index (χ1n) is 10.5. The summed E-state index contributed by atoms with van der Waals surface area (Å²) in [4.78, 5) is 26.7. The number of anilines is 1. The number of amides is 1. The minimum Gasteiger partial charge on any atom is -0.496 e. The number of fused-ring (bicyclic) bond motifs is 1. The molecule has 2 aromatic rings. The molecule has 0 aromatic heterocycles. The fraction of sp³-hybridized carbons (Fsp3) is 0.348. The molecule has 8 heteroatoms. The van der Waals surface area contributed by atoms with Gasteiger partial charge in [-0.2, -0.15) is 0 Å². The van der Waals surface area contributed by atoms with Gasteiger partial charge in [-0.3, -0.25) is 19.6 Å². The monoisotopic (exact) mass is 435 g/mol. The Labute approximate surface area is 186 Å². The molecule has 0 spiro atoms. The highest BCUT2D eigenvalue weighted by Gasteiger charge is 2.37. The lowest BCUT2D eigenvalue weighted by atomic mass is 10.0.